The second-order valence-electron chi connectivity index (χ2n) is 10.8. The molecule has 3 aliphatic rings. The van der Waals surface area contributed by atoms with Crippen molar-refractivity contribution in [2.45, 2.75) is 84.6 Å². The molecule has 0 saturated heterocycles. The zero-order valence-electron chi connectivity index (χ0n) is 21.1. The van der Waals surface area contributed by atoms with Gasteiger partial charge < -0.3 is 15.3 Å². The molecule has 2 fully saturated rings. The molecule has 7 heteroatoms. The molecule has 1 aliphatic heterocycles. The van der Waals surface area contributed by atoms with Gasteiger partial charge in [-0.25, -0.2) is 0 Å². The van der Waals surface area contributed by atoms with Crippen LogP contribution in [0, 0.1) is 36.5 Å². The van der Waals surface area contributed by atoms with Gasteiger partial charge >= 0.3 is 5.97 Å². The molecule has 1 aromatic rings. The fraction of sp³-hybridized carbons (Fsp3) is 0.643. The summed E-state index contributed by atoms with van der Waals surface area (Å²) in [6, 6.07) is 5.22. The van der Waals surface area contributed by atoms with Crippen molar-refractivity contribution < 1.29 is 19.5 Å². The minimum atomic E-state index is -0.907. The average Bonchev–Trinajstić information content (AvgIpc) is 3.53. The topological polar surface area (TPSA) is 87.7 Å². The summed E-state index contributed by atoms with van der Waals surface area (Å²) < 4.78 is 0. The highest BCUT2D eigenvalue weighted by molar-refractivity contribution is 6.33. The van der Waals surface area contributed by atoms with Gasteiger partial charge in [-0.1, -0.05) is 44.4 Å². The third-order valence-electron chi connectivity index (χ3n) is 8.11. The smallest absolute Gasteiger partial charge is 0.303 e. The van der Waals surface area contributed by atoms with Gasteiger partial charge in [0.05, 0.1) is 23.2 Å². The van der Waals surface area contributed by atoms with Gasteiger partial charge in [-0.15, -0.1) is 5.48 Å². The molecule has 0 radical (unpaired) electrons. The lowest BCUT2D eigenvalue weighted by Gasteiger charge is -2.37. The van der Waals surface area contributed by atoms with Crippen molar-refractivity contribution in [3.05, 3.63) is 40.1 Å². The van der Waals surface area contributed by atoms with Crippen LogP contribution >= 0.6 is 11.6 Å². The quantitative estimate of drug-likeness (QED) is 0.304. The first-order valence-corrected chi connectivity index (χ1v) is 13.6. The largest absolute Gasteiger partial charge is 0.481 e. The van der Waals surface area contributed by atoms with E-state index in [4.69, 9.17) is 16.4 Å². The molecule has 0 bridgehead atoms. The Morgan fingerprint density at radius 1 is 1.17 bits per heavy atom. The number of amides is 1. The maximum absolute atomic E-state index is 12.9. The van der Waals surface area contributed by atoms with E-state index in [9.17, 15) is 14.7 Å². The number of allylic oxidation sites excluding steroid dienone is 1. The number of carboxylic acid groups (broad SMARTS) is 1. The number of carboxylic acids is 1. The van der Waals surface area contributed by atoms with Gasteiger partial charge in [-0.2, -0.15) is 0 Å². The zero-order valence-corrected chi connectivity index (χ0v) is 21.9. The molecule has 2 saturated carbocycles. The van der Waals surface area contributed by atoms with Crippen LogP contribution in [-0.2, 0) is 14.4 Å². The van der Waals surface area contributed by atoms with Gasteiger partial charge in [0.15, 0.2) is 0 Å². The standard InChI is InChI=1S/C28H39ClN2O4/c1-4-17(5-2)11-18-12-21(13-18)28-26(19-7-8-19)27(31-35-28)20(15-25(33)34)14-24(32)30-23-9-6-16(3)10-22(23)29/h6,9-10,17-21,27,31H,4-5,7-8,11-15H2,1-3H3,(H,30,32)(H,33,34). The monoisotopic (exact) mass is 502 g/mol. The van der Waals surface area contributed by atoms with E-state index in [0.29, 0.717) is 22.5 Å². The number of aliphatic carboxylic acids is 1. The summed E-state index contributed by atoms with van der Waals surface area (Å²) in [5, 5.41) is 13.0. The summed E-state index contributed by atoms with van der Waals surface area (Å²) in [5.41, 5.74) is 5.93. The van der Waals surface area contributed by atoms with Crippen LogP contribution in [0.25, 0.3) is 0 Å². The number of hydrogen-bond acceptors (Lipinski definition) is 4. The van der Waals surface area contributed by atoms with Crippen LogP contribution in [-0.4, -0.2) is 23.0 Å². The molecule has 2 unspecified atom stereocenters. The Hall–Kier alpha value is -2.05. The second-order valence-corrected chi connectivity index (χ2v) is 11.2. The number of anilines is 1. The maximum Gasteiger partial charge on any atom is 0.303 e. The number of nitrogens with one attached hydrogen (secondary N) is 2. The van der Waals surface area contributed by atoms with E-state index in [1.807, 2.05) is 13.0 Å². The molecule has 4 rings (SSSR count). The number of benzene rings is 1. The first-order chi connectivity index (χ1) is 16.8. The molecular formula is C28H39ClN2O4. The maximum atomic E-state index is 12.9. The molecule has 35 heavy (non-hydrogen) atoms. The first kappa shape index (κ1) is 26.0. The van der Waals surface area contributed by atoms with E-state index in [-0.39, 0.29) is 24.8 Å². The van der Waals surface area contributed by atoms with Crippen molar-refractivity contribution in [2.75, 3.05) is 5.32 Å². The normalized spacial score (nSPS) is 24.8. The molecule has 2 aliphatic carbocycles. The Kier molecular flexibility index (Phi) is 8.43. The van der Waals surface area contributed by atoms with E-state index in [1.165, 1.54) is 24.8 Å². The van der Waals surface area contributed by atoms with Crippen molar-refractivity contribution >= 4 is 29.2 Å². The Labute approximate surface area is 213 Å². The summed E-state index contributed by atoms with van der Waals surface area (Å²) in [4.78, 5) is 30.7. The zero-order chi connectivity index (χ0) is 25.1. The minimum absolute atomic E-state index is 0.0863. The fourth-order valence-corrected chi connectivity index (χ4v) is 6.13. The van der Waals surface area contributed by atoms with Crippen molar-refractivity contribution in [3.63, 3.8) is 0 Å². The summed E-state index contributed by atoms with van der Waals surface area (Å²) >= 11 is 6.28. The molecule has 1 aromatic carbocycles. The SMILES string of the molecule is CCC(CC)CC1CC(C2=C(C3CC3)C(C(CC(=O)O)CC(=O)Nc3ccc(C)cc3Cl)NO2)C1. The fourth-order valence-electron chi connectivity index (χ4n) is 5.85. The first-order valence-electron chi connectivity index (χ1n) is 13.2. The lowest BCUT2D eigenvalue weighted by atomic mass is 9.68. The van der Waals surface area contributed by atoms with Crippen LogP contribution in [0.5, 0.6) is 0 Å². The molecular weight excluding hydrogens is 464 g/mol. The Morgan fingerprint density at radius 2 is 1.89 bits per heavy atom. The van der Waals surface area contributed by atoms with Crippen LogP contribution in [0.1, 0.15) is 77.2 Å². The van der Waals surface area contributed by atoms with E-state index in [0.717, 1.165) is 48.8 Å². The average molecular weight is 503 g/mol. The summed E-state index contributed by atoms with van der Waals surface area (Å²) in [6.07, 6.45) is 8.25. The molecule has 3 N–H and O–H groups in total. The van der Waals surface area contributed by atoms with Crippen molar-refractivity contribution in [2.24, 2.45) is 29.6 Å². The van der Waals surface area contributed by atoms with Gasteiger partial charge in [0.1, 0.15) is 5.76 Å². The highest BCUT2D eigenvalue weighted by Gasteiger charge is 2.47. The summed E-state index contributed by atoms with van der Waals surface area (Å²) in [5.74, 6) is 1.90. The number of halogens is 1. The number of hydrogen-bond donors (Lipinski definition) is 3. The van der Waals surface area contributed by atoms with Crippen LogP contribution in [0.2, 0.25) is 5.02 Å². The lowest BCUT2D eigenvalue weighted by molar-refractivity contribution is -0.138. The van der Waals surface area contributed by atoms with Crippen LogP contribution < -0.4 is 10.8 Å². The van der Waals surface area contributed by atoms with Crippen LogP contribution in [0.15, 0.2) is 29.5 Å². The number of hydroxylamine groups is 1. The number of aryl methyl sites for hydroxylation is 1. The second kappa shape index (κ2) is 11.3. The van der Waals surface area contributed by atoms with Gasteiger partial charge in [0, 0.05) is 18.3 Å². The van der Waals surface area contributed by atoms with E-state index in [1.54, 1.807) is 12.1 Å². The number of rotatable bonds is 12. The molecule has 192 valence electrons. The number of carbonyl (C=O) groups excluding carboxylic acids is 1. The van der Waals surface area contributed by atoms with Crippen molar-refractivity contribution in [1.29, 1.82) is 0 Å². The van der Waals surface area contributed by atoms with Crippen LogP contribution in [0.4, 0.5) is 5.69 Å². The predicted molar refractivity (Wildman–Crippen MR) is 138 cm³/mol. The number of carbonyl (C=O) groups is 2. The van der Waals surface area contributed by atoms with Gasteiger partial charge in [-0.3, -0.25) is 9.59 Å². The molecule has 0 spiro atoms. The molecule has 6 nitrogen and oxygen atoms in total. The van der Waals surface area contributed by atoms with E-state index in [2.05, 4.69) is 24.6 Å². The third-order valence-corrected chi connectivity index (χ3v) is 8.43. The van der Waals surface area contributed by atoms with Crippen LogP contribution in [0.3, 0.4) is 0 Å². The Morgan fingerprint density at radius 3 is 2.49 bits per heavy atom. The predicted octanol–water partition coefficient (Wildman–Crippen LogP) is 6.49. The third kappa shape index (κ3) is 6.39. The van der Waals surface area contributed by atoms with E-state index >= 15 is 0 Å². The molecule has 0 aromatic heterocycles. The van der Waals surface area contributed by atoms with Gasteiger partial charge in [0.25, 0.3) is 0 Å². The van der Waals surface area contributed by atoms with Gasteiger partial charge in [-0.05, 0) is 80.1 Å². The molecule has 1 heterocycles. The highest BCUT2D eigenvalue weighted by atomic mass is 35.5. The van der Waals surface area contributed by atoms with Gasteiger partial charge in [0.2, 0.25) is 5.91 Å². The summed E-state index contributed by atoms with van der Waals surface area (Å²) in [7, 11) is 0. The van der Waals surface area contributed by atoms with E-state index < -0.39 is 11.9 Å². The Bertz CT molecular complexity index is 964. The lowest BCUT2D eigenvalue weighted by Crippen LogP contribution is -2.37. The highest BCUT2D eigenvalue weighted by Crippen LogP contribution is 2.51. The Balaban J connectivity index is 1.45. The minimum Gasteiger partial charge on any atom is -0.481 e. The molecule has 2 atom stereocenters. The van der Waals surface area contributed by atoms with Crippen molar-refractivity contribution in [3.8, 4) is 0 Å². The molecule has 1 amide bonds. The van der Waals surface area contributed by atoms with Crippen molar-refractivity contribution in [1.82, 2.24) is 5.48 Å². The summed E-state index contributed by atoms with van der Waals surface area (Å²) in [6.45, 7) is 6.49.